The van der Waals surface area contributed by atoms with Gasteiger partial charge in [0.25, 0.3) is 0 Å². The zero-order chi connectivity index (χ0) is 18.0. The molecule has 1 aliphatic heterocycles. The lowest BCUT2D eigenvalue weighted by Gasteiger charge is -2.27. The number of ether oxygens (including phenoxy) is 2. The molecule has 6 nitrogen and oxygen atoms in total. The molecule has 0 bridgehead atoms. The molecular weight excluding hydrogens is 318 g/mol. The van der Waals surface area contributed by atoms with Crippen molar-refractivity contribution in [3.63, 3.8) is 0 Å². The van der Waals surface area contributed by atoms with E-state index < -0.39 is 5.60 Å². The Balaban J connectivity index is 1.83. The summed E-state index contributed by atoms with van der Waals surface area (Å²) in [5, 5.41) is 0. The molecule has 0 spiro atoms. The first-order chi connectivity index (χ1) is 11.9. The quantitative estimate of drug-likeness (QED) is 0.909. The Bertz CT molecular complexity index is 748. The summed E-state index contributed by atoms with van der Waals surface area (Å²) >= 11 is 0. The van der Waals surface area contributed by atoms with E-state index in [0.29, 0.717) is 6.54 Å². The van der Waals surface area contributed by atoms with Crippen LogP contribution in [0.2, 0.25) is 0 Å². The Morgan fingerprint density at radius 1 is 1.32 bits per heavy atom. The van der Waals surface area contributed by atoms with Gasteiger partial charge in [-0.25, -0.2) is 9.78 Å². The van der Waals surface area contributed by atoms with Gasteiger partial charge in [-0.15, -0.1) is 0 Å². The Hall–Kier alpha value is -2.50. The normalized spacial score (nSPS) is 17.6. The van der Waals surface area contributed by atoms with Crippen molar-refractivity contribution < 1.29 is 14.3 Å². The number of likely N-dealkylation sites (tertiary alicyclic amines) is 1. The molecule has 1 unspecified atom stereocenters. The van der Waals surface area contributed by atoms with E-state index >= 15 is 0 Å². The minimum atomic E-state index is -0.504. The number of aromatic amines is 1. The van der Waals surface area contributed by atoms with E-state index in [2.05, 4.69) is 4.98 Å². The summed E-state index contributed by atoms with van der Waals surface area (Å²) in [6, 6.07) is 7.68. The highest BCUT2D eigenvalue weighted by Gasteiger charge is 2.34. The lowest BCUT2D eigenvalue weighted by Crippen LogP contribution is -2.36. The molecule has 2 aromatic rings. The van der Waals surface area contributed by atoms with Crippen LogP contribution in [0.5, 0.6) is 5.75 Å². The number of nitrogens with one attached hydrogen (secondary N) is 1. The average Bonchev–Trinajstić information content (AvgIpc) is 3.22. The average molecular weight is 343 g/mol. The monoisotopic (exact) mass is 343 g/mol. The summed E-state index contributed by atoms with van der Waals surface area (Å²) in [6.07, 6.45) is 3.39. The van der Waals surface area contributed by atoms with Crippen molar-refractivity contribution in [2.24, 2.45) is 0 Å². The van der Waals surface area contributed by atoms with Crippen LogP contribution in [0.25, 0.3) is 11.3 Å². The summed E-state index contributed by atoms with van der Waals surface area (Å²) in [6.45, 7) is 6.32. The number of imidazole rings is 1. The van der Waals surface area contributed by atoms with Crippen molar-refractivity contribution in [1.82, 2.24) is 14.9 Å². The zero-order valence-electron chi connectivity index (χ0n) is 15.2. The van der Waals surface area contributed by atoms with Crippen LogP contribution in [-0.2, 0) is 4.74 Å². The second-order valence-corrected chi connectivity index (χ2v) is 7.20. The lowest BCUT2D eigenvalue weighted by molar-refractivity contribution is 0.0219. The molecule has 2 heterocycles. The van der Waals surface area contributed by atoms with Crippen LogP contribution in [0.3, 0.4) is 0 Å². The summed E-state index contributed by atoms with van der Waals surface area (Å²) in [4.78, 5) is 22.2. The fourth-order valence-electron chi connectivity index (χ4n) is 3.09. The number of benzene rings is 1. The molecule has 0 radical (unpaired) electrons. The van der Waals surface area contributed by atoms with E-state index in [9.17, 15) is 4.79 Å². The molecule has 1 aromatic carbocycles. The first-order valence-electron chi connectivity index (χ1n) is 8.57. The van der Waals surface area contributed by atoms with Crippen LogP contribution in [0.1, 0.15) is 45.5 Å². The number of para-hydroxylation sites is 1. The molecular formula is C19H25N3O3. The maximum absolute atomic E-state index is 12.5. The van der Waals surface area contributed by atoms with Gasteiger partial charge in [0.05, 0.1) is 18.8 Å². The van der Waals surface area contributed by atoms with Gasteiger partial charge in [-0.1, -0.05) is 12.1 Å². The molecule has 0 saturated carbocycles. The second kappa shape index (κ2) is 6.78. The van der Waals surface area contributed by atoms with Crippen LogP contribution >= 0.6 is 0 Å². The third kappa shape index (κ3) is 3.78. The summed E-state index contributed by atoms with van der Waals surface area (Å²) in [5.41, 5.74) is 1.23. The lowest BCUT2D eigenvalue weighted by atomic mass is 10.1. The van der Waals surface area contributed by atoms with Gasteiger partial charge in [-0.05, 0) is 45.7 Å². The van der Waals surface area contributed by atoms with Gasteiger partial charge in [0.1, 0.15) is 17.2 Å². The topological polar surface area (TPSA) is 67.5 Å². The van der Waals surface area contributed by atoms with E-state index in [-0.39, 0.29) is 12.1 Å². The molecule has 25 heavy (non-hydrogen) atoms. The minimum absolute atomic E-state index is 0.0849. The number of H-pyrrole nitrogens is 1. The van der Waals surface area contributed by atoms with E-state index in [1.54, 1.807) is 12.0 Å². The molecule has 3 rings (SSSR count). The summed E-state index contributed by atoms with van der Waals surface area (Å²) < 4.78 is 10.9. The summed E-state index contributed by atoms with van der Waals surface area (Å²) in [7, 11) is 1.65. The number of carbonyl (C=O) groups excluding carboxylic acids is 1. The van der Waals surface area contributed by atoms with Gasteiger partial charge in [0.2, 0.25) is 0 Å². The van der Waals surface area contributed by atoms with Crippen LogP contribution in [0.4, 0.5) is 4.79 Å². The number of carbonyl (C=O) groups is 1. The van der Waals surface area contributed by atoms with Gasteiger partial charge in [-0.2, -0.15) is 0 Å². The van der Waals surface area contributed by atoms with Crippen LogP contribution in [0.15, 0.2) is 30.5 Å². The van der Waals surface area contributed by atoms with Crippen molar-refractivity contribution in [2.45, 2.75) is 45.3 Å². The molecule has 6 heteroatoms. The Morgan fingerprint density at radius 3 is 2.80 bits per heavy atom. The molecule has 134 valence electrons. The molecule has 1 aliphatic rings. The van der Waals surface area contributed by atoms with E-state index in [4.69, 9.17) is 14.5 Å². The van der Waals surface area contributed by atoms with Crippen molar-refractivity contribution in [3.05, 3.63) is 36.3 Å². The van der Waals surface area contributed by atoms with Gasteiger partial charge in [0.15, 0.2) is 0 Å². The first-order valence-corrected chi connectivity index (χ1v) is 8.57. The fourth-order valence-corrected chi connectivity index (χ4v) is 3.09. The predicted octanol–water partition coefficient (Wildman–Crippen LogP) is 4.16. The molecule has 1 saturated heterocycles. The van der Waals surface area contributed by atoms with Gasteiger partial charge >= 0.3 is 6.09 Å². The Labute approximate surface area is 148 Å². The number of nitrogens with zero attached hydrogens (tertiary/aromatic N) is 2. The fraction of sp³-hybridized carbons (Fsp3) is 0.474. The maximum atomic E-state index is 12.5. The van der Waals surface area contributed by atoms with Crippen LogP contribution in [-0.4, -0.2) is 40.2 Å². The van der Waals surface area contributed by atoms with E-state index in [1.165, 1.54) is 0 Å². The number of aromatic nitrogens is 2. The largest absolute Gasteiger partial charge is 0.496 e. The van der Waals surface area contributed by atoms with Crippen molar-refractivity contribution in [2.75, 3.05) is 13.7 Å². The van der Waals surface area contributed by atoms with Crippen LogP contribution in [0, 0.1) is 0 Å². The van der Waals surface area contributed by atoms with Gasteiger partial charge in [0, 0.05) is 18.3 Å². The zero-order valence-corrected chi connectivity index (χ0v) is 15.2. The number of rotatable bonds is 3. The Kier molecular flexibility index (Phi) is 4.70. The number of amides is 1. The van der Waals surface area contributed by atoms with Gasteiger partial charge < -0.3 is 14.5 Å². The molecule has 1 N–H and O–H groups in total. The second-order valence-electron chi connectivity index (χ2n) is 7.20. The third-order valence-electron chi connectivity index (χ3n) is 4.18. The SMILES string of the molecule is COc1ccccc1-c1c[nH]c(C2CCCN2C(=O)OC(C)(C)C)n1. The maximum Gasteiger partial charge on any atom is 0.410 e. The van der Waals surface area contributed by atoms with Gasteiger partial charge in [-0.3, -0.25) is 4.90 Å². The molecule has 0 aliphatic carbocycles. The van der Waals surface area contributed by atoms with Crippen molar-refractivity contribution in [1.29, 1.82) is 0 Å². The number of hydrogen-bond acceptors (Lipinski definition) is 4. The molecule has 1 aromatic heterocycles. The smallest absolute Gasteiger partial charge is 0.410 e. The summed E-state index contributed by atoms with van der Waals surface area (Å²) in [5.74, 6) is 1.56. The Morgan fingerprint density at radius 2 is 2.08 bits per heavy atom. The van der Waals surface area contributed by atoms with E-state index in [1.807, 2.05) is 51.2 Å². The standard InChI is InChI=1S/C19H25N3O3/c1-19(2,3)25-18(23)22-11-7-9-15(22)17-20-12-14(21-17)13-8-5-6-10-16(13)24-4/h5-6,8,10,12,15H,7,9,11H2,1-4H3,(H,20,21). The molecule has 1 amide bonds. The highest BCUT2D eigenvalue weighted by Crippen LogP contribution is 2.34. The predicted molar refractivity (Wildman–Crippen MR) is 95.5 cm³/mol. The van der Waals surface area contributed by atoms with Crippen molar-refractivity contribution >= 4 is 6.09 Å². The number of methoxy groups -OCH3 is 1. The highest BCUT2D eigenvalue weighted by atomic mass is 16.6. The van der Waals surface area contributed by atoms with Crippen molar-refractivity contribution in [3.8, 4) is 17.0 Å². The van der Waals surface area contributed by atoms with E-state index in [0.717, 1.165) is 35.7 Å². The molecule has 1 fully saturated rings. The minimum Gasteiger partial charge on any atom is -0.496 e. The molecule has 1 atom stereocenters. The first kappa shape index (κ1) is 17.3. The third-order valence-corrected chi connectivity index (χ3v) is 4.18. The number of hydrogen-bond donors (Lipinski definition) is 1. The highest BCUT2D eigenvalue weighted by molar-refractivity contribution is 5.69. The van der Waals surface area contributed by atoms with Crippen LogP contribution < -0.4 is 4.74 Å².